The average Bonchev–Trinajstić information content (AvgIpc) is 2.93. The minimum absolute atomic E-state index is 0.181. The Bertz CT molecular complexity index is 1010. The van der Waals surface area contributed by atoms with E-state index in [-0.39, 0.29) is 36.3 Å². The normalized spacial score (nSPS) is 16.2. The van der Waals surface area contributed by atoms with E-state index in [9.17, 15) is 19.5 Å². The van der Waals surface area contributed by atoms with Crippen molar-refractivity contribution in [3.8, 4) is 0 Å². The van der Waals surface area contributed by atoms with Crippen molar-refractivity contribution in [2.24, 2.45) is 17.3 Å². The number of unbranched alkanes of at least 4 members (excludes halogenated alkanes) is 1. The van der Waals surface area contributed by atoms with Gasteiger partial charge in [0.2, 0.25) is 0 Å². The first kappa shape index (κ1) is 36.2. The summed E-state index contributed by atoms with van der Waals surface area (Å²) in [4.78, 5) is 37.6. The minimum atomic E-state index is -0.888. The molecule has 0 amide bonds. The van der Waals surface area contributed by atoms with Crippen LogP contribution in [0.2, 0.25) is 0 Å². The SMILES string of the molecule is CCSC(=S)SC(C)(CC)C(C)C(=O)OCCCCOC(=O)/C(=C/c1ccccc1)CC(C)(CC)C(C)C(=O)O. The molecule has 0 spiro atoms. The molecule has 0 radical (unpaired) electrons. The number of thiocarbonyl (C=S) groups is 1. The minimum Gasteiger partial charge on any atom is -0.481 e. The third-order valence-corrected chi connectivity index (χ3v) is 10.8. The highest BCUT2D eigenvalue weighted by Crippen LogP contribution is 2.40. The number of thioether (sulfide) groups is 2. The Kier molecular flexibility index (Phi) is 16.2. The maximum atomic E-state index is 13.1. The Labute approximate surface area is 254 Å². The second kappa shape index (κ2) is 17.9. The highest BCUT2D eigenvalue weighted by atomic mass is 32.2. The first-order valence-electron chi connectivity index (χ1n) is 14.0. The summed E-state index contributed by atoms with van der Waals surface area (Å²) in [7, 11) is 0. The van der Waals surface area contributed by atoms with E-state index in [0.717, 1.165) is 21.3 Å². The van der Waals surface area contributed by atoms with Gasteiger partial charge in [0.25, 0.3) is 0 Å². The van der Waals surface area contributed by atoms with Crippen molar-refractivity contribution in [3.05, 3.63) is 41.5 Å². The third-order valence-electron chi connectivity index (χ3n) is 7.79. The van der Waals surface area contributed by atoms with E-state index in [2.05, 4.69) is 13.8 Å². The summed E-state index contributed by atoms with van der Waals surface area (Å²) in [5, 5.41) is 9.63. The van der Waals surface area contributed by atoms with Crippen molar-refractivity contribution in [2.75, 3.05) is 19.0 Å². The van der Waals surface area contributed by atoms with Crippen LogP contribution in [-0.2, 0) is 23.9 Å². The van der Waals surface area contributed by atoms with E-state index in [1.54, 1.807) is 36.5 Å². The van der Waals surface area contributed by atoms with Gasteiger partial charge in [-0.2, -0.15) is 0 Å². The number of aliphatic carboxylic acids is 1. The number of rotatable bonds is 17. The zero-order valence-corrected chi connectivity index (χ0v) is 27.4. The van der Waals surface area contributed by atoms with Crippen LogP contribution in [0.15, 0.2) is 35.9 Å². The van der Waals surface area contributed by atoms with E-state index in [1.165, 1.54) is 0 Å². The zero-order chi connectivity index (χ0) is 30.3. The van der Waals surface area contributed by atoms with Gasteiger partial charge in [-0.15, -0.1) is 23.5 Å². The quantitative estimate of drug-likeness (QED) is 0.0814. The highest BCUT2D eigenvalue weighted by molar-refractivity contribution is 8.47. The van der Waals surface area contributed by atoms with Crippen LogP contribution in [0.1, 0.15) is 86.1 Å². The molecule has 0 aromatic heterocycles. The predicted molar refractivity (Wildman–Crippen MR) is 172 cm³/mol. The number of carbonyl (C=O) groups is 3. The number of carboxylic acid groups (broad SMARTS) is 1. The summed E-state index contributed by atoms with van der Waals surface area (Å²) in [6.07, 6.45) is 4.56. The molecule has 4 atom stereocenters. The molecule has 0 bridgehead atoms. The van der Waals surface area contributed by atoms with Crippen molar-refractivity contribution in [1.29, 1.82) is 0 Å². The molecule has 1 N–H and O–H groups in total. The summed E-state index contributed by atoms with van der Waals surface area (Å²) in [6, 6.07) is 9.45. The van der Waals surface area contributed by atoms with Crippen molar-refractivity contribution in [3.63, 3.8) is 0 Å². The van der Waals surface area contributed by atoms with Crippen LogP contribution < -0.4 is 0 Å². The molecule has 40 heavy (non-hydrogen) atoms. The molecule has 1 rings (SSSR count). The lowest BCUT2D eigenvalue weighted by molar-refractivity contribution is -0.149. The second-order valence-electron chi connectivity index (χ2n) is 10.5. The number of ether oxygens (including phenoxy) is 2. The summed E-state index contributed by atoms with van der Waals surface area (Å²) < 4.78 is 11.6. The van der Waals surface area contributed by atoms with Crippen molar-refractivity contribution >= 4 is 63.3 Å². The van der Waals surface area contributed by atoms with Gasteiger partial charge in [-0.3, -0.25) is 9.59 Å². The monoisotopic (exact) mass is 610 g/mol. The Balaban J connectivity index is 2.71. The maximum Gasteiger partial charge on any atom is 0.334 e. The molecule has 9 heteroatoms. The van der Waals surface area contributed by atoms with Gasteiger partial charge in [0.15, 0.2) is 0 Å². The fourth-order valence-electron chi connectivity index (χ4n) is 4.06. The summed E-state index contributed by atoms with van der Waals surface area (Å²) in [6.45, 7) is 14.0. The smallest absolute Gasteiger partial charge is 0.334 e. The van der Waals surface area contributed by atoms with Gasteiger partial charge in [0.05, 0.1) is 25.0 Å². The molecule has 0 aliphatic heterocycles. The molecular weight excluding hydrogens is 565 g/mol. The number of carbonyl (C=O) groups excluding carboxylic acids is 2. The Morgan fingerprint density at radius 3 is 2.10 bits per heavy atom. The van der Waals surface area contributed by atoms with E-state index in [1.807, 2.05) is 58.0 Å². The molecule has 4 unspecified atom stereocenters. The summed E-state index contributed by atoms with van der Waals surface area (Å²) in [5.74, 6) is -1.64. The maximum absolute atomic E-state index is 13.1. The van der Waals surface area contributed by atoms with Gasteiger partial charge < -0.3 is 14.6 Å². The van der Waals surface area contributed by atoms with E-state index in [0.29, 0.717) is 24.8 Å². The van der Waals surface area contributed by atoms with Crippen molar-refractivity contribution in [1.82, 2.24) is 0 Å². The molecule has 6 nitrogen and oxygen atoms in total. The van der Waals surface area contributed by atoms with Crippen LogP contribution >= 0.6 is 35.7 Å². The number of carboxylic acids is 1. The van der Waals surface area contributed by atoms with Crippen molar-refractivity contribution in [2.45, 2.75) is 85.3 Å². The standard InChI is InChI=1S/C31H46O6S3/c1-8-30(6,22(4)26(32)33)21-25(20-24-16-12-11-13-17-24)28(35)37-19-15-14-18-36-27(34)23(5)31(7,9-2)40-29(38)39-10-3/h11-13,16-17,20,22-23H,8-10,14-15,18-19,21H2,1-7H3,(H,32,33)/b25-20+. The van der Waals surface area contributed by atoms with Gasteiger partial charge >= 0.3 is 17.9 Å². The fourth-order valence-corrected chi connectivity index (χ4v) is 7.18. The van der Waals surface area contributed by atoms with Crippen LogP contribution in [0, 0.1) is 17.3 Å². The van der Waals surface area contributed by atoms with Crippen LogP contribution in [0.25, 0.3) is 6.08 Å². The Hall–Kier alpha value is -1.84. The number of hydrogen-bond acceptors (Lipinski definition) is 8. The molecule has 1 aromatic rings. The van der Waals surface area contributed by atoms with Gasteiger partial charge in [-0.25, -0.2) is 4.79 Å². The van der Waals surface area contributed by atoms with Gasteiger partial charge in [-0.05, 0) is 61.8 Å². The van der Waals surface area contributed by atoms with E-state index >= 15 is 0 Å². The average molecular weight is 611 g/mol. The first-order chi connectivity index (χ1) is 18.8. The van der Waals surface area contributed by atoms with E-state index in [4.69, 9.17) is 21.7 Å². The lowest BCUT2D eigenvalue weighted by atomic mass is 9.71. The highest BCUT2D eigenvalue weighted by Gasteiger charge is 2.38. The number of esters is 2. The number of hydrogen-bond donors (Lipinski definition) is 1. The van der Waals surface area contributed by atoms with Crippen LogP contribution in [-0.4, -0.2) is 50.3 Å². The third kappa shape index (κ3) is 11.6. The molecule has 0 saturated carbocycles. The number of benzene rings is 1. The van der Waals surface area contributed by atoms with Gasteiger partial charge in [0, 0.05) is 10.3 Å². The molecule has 0 saturated heterocycles. The largest absolute Gasteiger partial charge is 0.481 e. The molecule has 1 aromatic carbocycles. The molecule has 224 valence electrons. The predicted octanol–water partition coefficient (Wildman–Crippen LogP) is 8.04. The van der Waals surface area contributed by atoms with Crippen LogP contribution in [0.3, 0.4) is 0 Å². The Morgan fingerprint density at radius 1 is 0.975 bits per heavy atom. The molecule has 0 aliphatic rings. The molecule has 0 heterocycles. The van der Waals surface area contributed by atoms with Gasteiger partial charge in [-0.1, -0.05) is 84.1 Å². The Morgan fingerprint density at radius 2 is 1.57 bits per heavy atom. The lowest BCUT2D eigenvalue weighted by Gasteiger charge is -2.33. The van der Waals surface area contributed by atoms with Crippen LogP contribution in [0.5, 0.6) is 0 Å². The molecule has 0 aliphatic carbocycles. The van der Waals surface area contributed by atoms with Crippen molar-refractivity contribution < 1.29 is 29.0 Å². The van der Waals surface area contributed by atoms with E-state index < -0.39 is 23.3 Å². The molecule has 0 fully saturated rings. The van der Waals surface area contributed by atoms with Gasteiger partial charge in [0.1, 0.15) is 3.53 Å². The zero-order valence-electron chi connectivity index (χ0n) is 25.0. The first-order valence-corrected chi connectivity index (χ1v) is 16.2. The van der Waals surface area contributed by atoms with Crippen LogP contribution in [0.4, 0.5) is 0 Å². The second-order valence-corrected chi connectivity index (χ2v) is 14.5. The topological polar surface area (TPSA) is 89.9 Å². The fraction of sp³-hybridized carbons (Fsp3) is 0.613. The lowest BCUT2D eigenvalue weighted by Crippen LogP contribution is -2.36. The molecular formula is C31H46O6S3. The summed E-state index contributed by atoms with van der Waals surface area (Å²) in [5.41, 5.74) is 0.684. The summed E-state index contributed by atoms with van der Waals surface area (Å²) >= 11 is 8.63.